The van der Waals surface area contributed by atoms with Crippen LogP contribution >= 0.6 is 0 Å². The summed E-state index contributed by atoms with van der Waals surface area (Å²) in [5.74, 6) is -1.75. The molecule has 3 rings (SSSR count). The van der Waals surface area contributed by atoms with Crippen LogP contribution in [0.1, 0.15) is 37.4 Å². The molecule has 0 saturated carbocycles. The van der Waals surface area contributed by atoms with Crippen molar-refractivity contribution in [3.8, 4) is 0 Å². The molecule has 0 aliphatic heterocycles. The van der Waals surface area contributed by atoms with Crippen molar-refractivity contribution >= 4 is 28.9 Å². The van der Waals surface area contributed by atoms with Crippen LogP contribution in [0.3, 0.4) is 0 Å². The highest BCUT2D eigenvalue weighted by molar-refractivity contribution is 6.10. The van der Waals surface area contributed by atoms with E-state index in [1.54, 1.807) is 37.3 Å². The lowest BCUT2D eigenvalue weighted by Gasteiger charge is -2.12. The fraction of sp³-hybridized carbons (Fsp3) is 0.130. The van der Waals surface area contributed by atoms with Gasteiger partial charge in [-0.2, -0.15) is 0 Å². The molecule has 0 aliphatic carbocycles. The summed E-state index contributed by atoms with van der Waals surface area (Å²) in [6.45, 7) is 1.55. The van der Waals surface area contributed by atoms with Gasteiger partial charge in [-0.25, -0.2) is 9.68 Å². The van der Waals surface area contributed by atoms with Gasteiger partial charge in [-0.3, -0.25) is 30.5 Å². The molecule has 0 atom stereocenters. The molecule has 0 aromatic heterocycles. The first-order valence-electron chi connectivity index (χ1n) is 9.94. The van der Waals surface area contributed by atoms with Crippen LogP contribution < -0.4 is 10.8 Å². The van der Waals surface area contributed by atoms with Gasteiger partial charge < -0.3 is 10.4 Å². The van der Waals surface area contributed by atoms with E-state index in [1.165, 1.54) is 30.3 Å². The number of amides is 1. The lowest BCUT2D eigenvalue weighted by atomic mass is 10.0. The fourth-order valence-corrected chi connectivity index (χ4v) is 3.12. The van der Waals surface area contributed by atoms with Crippen LogP contribution in [0.2, 0.25) is 0 Å². The molecule has 1 amide bonds. The third-order valence-corrected chi connectivity index (χ3v) is 4.83. The summed E-state index contributed by atoms with van der Waals surface area (Å²) in [5, 5.41) is 31.7. The highest BCUT2D eigenvalue weighted by Crippen LogP contribution is 2.21. The number of nitro benzene ring substituents is 1. The number of anilines is 2. The molecular weight excluding hydrogens is 446 g/mol. The zero-order chi connectivity index (χ0) is 24.7. The molecule has 0 bridgehead atoms. The van der Waals surface area contributed by atoms with Crippen molar-refractivity contribution < 1.29 is 34.6 Å². The standard InChI is InChI=1S/C23H21N3O8/c1-14-2-9-20(23(28)29)21(10-14)22(27)24-17-4-6-18(7-5-17)25-33-12-16-11-19(26(30)31)8-3-15(16)13-34-32/h2-11,25,32H,12-13H2,1H3,(H,24,27)(H,28,29). The van der Waals surface area contributed by atoms with Crippen molar-refractivity contribution in [1.82, 2.24) is 0 Å². The fourth-order valence-electron chi connectivity index (χ4n) is 3.12. The maximum atomic E-state index is 12.6. The van der Waals surface area contributed by atoms with E-state index in [1.807, 2.05) is 0 Å². The molecular formula is C23H21N3O8. The van der Waals surface area contributed by atoms with E-state index in [2.05, 4.69) is 15.7 Å². The van der Waals surface area contributed by atoms with Crippen molar-refractivity contribution in [3.63, 3.8) is 0 Å². The molecule has 0 spiro atoms. The molecule has 0 heterocycles. The van der Waals surface area contributed by atoms with E-state index < -0.39 is 16.8 Å². The summed E-state index contributed by atoms with van der Waals surface area (Å²) in [7, 11) is 0. The molecule has 3 aromatic rings. The van der Waals surface area contributed by atoms with Gasteiger partial charge in [0.15, 0.2) is 0 Å². The predicted molar refractivity (Wildman–Crippen MR) is 121 cm³/mol. The van der Waals surface area contributed by atoms with Crippen molar-refractivity contribution in [1.29, 1.82) is 0 Å². The van der Waals surface area contributed by atoms with E-state index in [0.717, 1.165) is 5.56 Å². The molecule has 4 N–H and O–H groups in total. The first kappa shape index (κ1) is 24.3. The van der Waals surface area contributed by atoms with E-state index in [9.17, 15) is 24.8 Å². The third kappa shape index (κ3) is 6.13. The first-order chi connectivity index (χ1) is 16.3. The second-order valence-electron chi connectivity index (χ2n) is 7.26. The van der Waals surface area contributed by atoms with Gasteiger partial charge in [0.1, 0.15) is 13.2 Å². The Balaban J connectivity index is 1.63. The molecule has 0 unspecified atom stereocenters. The van der Waals surface area contributed by atoms with Crippen LogP contribution in [0.15, 0.2) is 60.7 Å². The molecule has 11 heteroatoms. The second-order valence-corrected chi connectivity index (χ2v) is 7.26. The van der Waals surface area contributed by atoms with Crippen LogP contribution in [0.4, 0.5) is 17.1 Å². The lowest BCUT2D eigenvalue weighted by Crippen LogP contribution is -2.16. The topological polar surface area (TPSA) is 160 Å². The highest BCUT2D eigenvalue weighted by atomic mass is 17.1. The van der Waals surface area contributed by atoms with Crippen molar-refractivity contribution in [2.45, 2.75) is 20.1 Å². The van der Waals surface area contributed by atoms with Crippen LogP contribution in [0, 0.1) is 17.0 Å². The van der Waals surface area contributed by atoms with Gasteiger partial charge in [0.25, 0.3) is 11.6 Å². The quantitative estimate of drug-likeness (QED) is 0.193. The van der Waals surface area contributed by atoms with Gasteiger partial charge in [-0.15, -0.1) is 0 Å². The van der Waals surface area contributed by atoms with Crippen LogP contribution in [-0.2, 0) is 22.9 Å². The number of nitrogens with one attached hydrogen (secondary N) is 2. The lowest BCUT2D eigenvalue weighted by molar-refractivity contribution is -0.385. The zero-order valence-electron chi connectivity index (χ0n) is 18.0. The second kappa shape index (κ2) is 11.0. The zero-order valence-corrected chi connectivity index (χ0v) is 18.0. The summed E-state index contributed by atoms with van der Waals surface area (Å²) < 4.78 is 0. The maximum Gasteiger partial charge on any atom is 0.336 e. The Morgan fingerprint density at radius 1 is 0.941 bits per heavy atom. The Hall–Kier alpha value is -4.32. The number of carboxylic acid groups (broad SMARTS) is 1. The third-order valence-electron chi connectivity index (χ3n) is 4.83. The van der Waals surface area contributed by atoms with Gasteiger partial charge in [-0.1, -0.05) is 11.6 Å². The number of hydrogen-bond donors (Lipinski definition) is 4. The Morgan fingerprint density at radius 3 is 2.29 bits per heavy atom. The number of hydrogen-bond acceptors (Lipinski definition) is 8. The van der Waals surface area contributed by atoms with Crippen molar-refractivity contribution in [2.75, 3.05) is 10.8 Å². The number of aromatic carboxylic acids is 1. The minimum absolute atomic E-state index is 0.0514. The number of carbonyl (C=O) groups is 2. The van der Waals surface area contributed by atoms with Crippen LogP contribution in [-0.4, -0.2) is 27.2 Å². The van der Waals surface area contributed by atoms with Gasteiger partial charge >= 0.3 is 5.97 Å². The van der Waals surface area contributed by atoms with E-state index in [0.29, 0.717) is 22.5 Å². The molecule has 34 heavy (non-hydrogen) atoms. The average Bonchev–Trinajstić information content (AvgIpc) is 2.81. The first-order valence-corrected chi connectivity index (χ1v) is 9.94. The number of non-ortho nitro benzene ring substituents is 1. The summed E-state index contributed by atoms with van der Waals surface area (Å²) in [5.41, 5.74) is 5.22. The van der Waals surface area contributed by atoms with Gasteiger partial charge in [0.2, 0.25) is 0 Å². The smallest absolute Gasteiger partial charge is 0.336 e. The molecule has 0 fully saturated rings. The number of carboxylic acids is 1. The summed E-state index contributed by atoms with van der Waals surface area (Å²) in [6.07, 6.45) is 0. The number of aryl methyl sites for hydroxylation is 1. The van der Waals surface area contributed by atoms with Crippen molar-refractivity contribution in [2.24, 2.45) is 0 Å². The maximum absolute atomic E-state index is 12.6. The number of nitro groups is 1. The number of nitrogens with zero attached hydrogens (tertiary/aromatic N) is 1. The van der Waals surface area contributed by atoms with Gasteiger partial charge in [0, 0.05) is 17.8 Å². The summed E-state index contributed by atoms with van der Waals surface area (Å²) in [4.78, 5) is 44.0. The van der Waals surface area contributed by atoms with E-state index in [4.69, 9.17) is 10.1 Å². The SMILES string of the molecule is Cc1ccc(C(=O)O)c(C(=O)Nc2ccc(NOCc3cc([N+](=O)[O-])ccc3COO)cc2)c1. The average molecular weight is 467 g/mol. The number of benzene rings is 3. The van der Waals surface area contributed by atoms with Gasteiger partial charge in [-0.05, 0) is 60.5 Å². The number of rotatable bonds is 10. The monoisotopic (exact) mass is 467 g/mol. The largest absolute Gasteiger partial charge is 0.478 e. The predicted octanol–water partition coefficient (Wildman–Crippen LogP) is 4.39. The van der Waals surface area contributed by atoms with Gasteiger partial charge in [0.05, 0.1) is 21.7 Å². The minimum atomic E-state index is -1.20. The van der Waals surface area contributed by atoms with E-state index >= 15 is 0 Å². The molecule has 0 aliphatic rings. The Kier molecular flexibility index (Phi) is 7.88. The van der Waals surface area contributed by atoms with Crippen LogP contribution in [0.5, 0.6) is 0 Å². The van der Waals surface area contributed by atoms with Crippen LogP contribution in [0.25, 0.3) is 0 Å². The molecule has 11 nitrogen and oxygen atoms in total. The van der Waals surface area contributed by atoms with E-state index in [-0.39, 0.29) is 30.0 Å². The highest BCUT2D eigenvalue weighted by Gasteiger charge is 2.17. The Bertz CT molecular complexity index is 1210. The molecule has 0 saturated heterocycles. The molecule has 0 radical (unpaired) electrons. The number of carbonyl (C=O) groups excluding carboxylic acids is 1. The van der Waals surface area contributed by atoms with Crippen molar-refractivity contribution in [3.05, 3.63) is 98.6 Å². The molecule has 3 aromatic carbocycles. The molecule has 176 valence electrons. The normalized spacial score (nSPS) is 10.5. The summed E-state index contributed by atoms with van der Waals surface area (Å²) in [6, 6.07) is 15.0. The minimum Gasteiger partial charge on any atom is -0.478 e. The summed E-state index contributed by atoms with van der Waals surface area (Å²) >= 11 is 0. The Labute approximate surface area is 193 Å². The Morgan fingerprint density at radius 2 is 1.65 bits per heavy atom.